The second-order valence-corrected chi connectivity index (χ2v) is 29.2. The first-order valence-corrected chi connectivity index (χ1v) is 39.7. The van der Waals surface area contributed by atoms with Gasteiger partial charge in [0.2, 0.25) is 0 Å². The highest BCUT2D eigenvalue weighted by molar-refractivity contribution is 7.21. The third-order valence-corrected chi connectivity index (χ3v) is 21.6. The standard InChI is InChI=1S/C54H36N4S.C54H36N4/c1-6-18-38(19-7-1)49(39-20-8-2-9-21-39)50(40-22-10-3-11-23-40)41-32-30-37(31-33-41)44-34-45(36-46(35-44)54-55-47-28-16-17-29-48(47)59-54)53-57-51(42-24-12-4-13-25-42)56-52(58-53)43-26-14-5-15-27-43;1-55-49-32-18-30-44(37-49)47-34-46(35-48(36-47)54-57-52(41-25-13-5-14-26-41)56-53(58-54)42-27-15-6-16-28-42)43-29-17-31-45(33-43)51(40-23-11-4-12-24-40)50(38-19-7-2-8-20-38)39-21-9-3-10-22-39/h1-36H;2-37H. The number of hydrogen-bond acceptors (Lipinski definition) is 8. The summed E-state index contributed by atoms with van der Waals surface area (Å²) in [6.45, 7) is 7.75. The highest BCUT2D eigenvalue weighted by Gasteiger charge is 2.23. The summed E-state index contributed by atoms with van der Waals surface area (Å²) in [5, 5.41) is 0.941. The van der Waals surface area contributed by atoms with Crippen LogP contribution in [0.3, 0.4) is 0 Å². The summed E-state index contributed by atoms with van der Waals surface area (Å²) in [7, 11) is 0. The molecule has 3 aromatic heterocycles. The molecule has 0 aliphatic rings. The first-order valence-electron chi connectivity index (χ1n) is 38.8. The molecule has 0 radical (unpaired) electrons. The van der Waals surface area contributed by atoms with Gasteiger partial charge in [0.1, 0.15) is 5.01 Å². The molecule has 0 bridgehead atoms. The van der Waals surface area contributed by atoms with Crippen LogP contribution in [0.1, 0.15) is 44.5 Å². The second-order valence-electron chi connectivity index (χ2n) is 28.2. The summed E-state index contributed by atoms with van der Waals surface area (Å²) in [6.07, 6.45) is 0. The SMILES string of the molecule is [C-]#[N+]c1cccc(-c2cc(-c3cccc(C(=C(c4ccccc4)c4ccccc4)c4ccccc4)c3)cc(-c3nc(-c4ccccc4)nc(-c4ccccc4)n3)c2)c1.c1ccc(C(=C(c2ccccc2)c2ccc(-c3cc(-c4nc(-c5ccccc5)nc(-c5ccccc5)n4)cc(-c4nc5ccccc5s4)c3)cc2)c2ccccc2)cc1. The van der Waals surface area contributed by atoms with E-state index in [-0.39, 0.29) is 0 Å². The Morgan fingerprint density at radius 1 is 0.188 bits per heavy atom. The Labute approximate surface area is 684 Å². The summed E-state index contributed by atoms with van der Waals surface area (Å²) in [6, 6.07) is 151. The van der Waals surface area contributed by atoms with Crippen molar-refractivity contribution in [3.63, 3.8) is 0 Å². The number of benzene rings is 16. The van der Waals surface area contributed by atoms with E-state index in [1.54, 1.807) is 11.3 Å². The van der Waals surface area contributed by atoms with Crippen molar-refractivity contribution in [1.29, 1.82) is 0 Å². The zero-order valence-corrected chi connectivity index (χ0v) is 64.4. The fourth-order valence-corrected chi connectivity index (χ4v) is 15.8. The molecule has 0 atom stereocenters. The summed E-state index contributed by atoms with van der Waals surface area (Å²) in [5.74, 6) is 3.61. The van der Waals surface area contributed by atoms with Crippen LogP contribution in [0.4, 0.5) is 5.69 Å². The number of thiazole rings is 1. The van der Waals surface area contributed by atoms with Crippen LogP contribution in [-0.4, -0.2) is 34.9 Å². The van der Waals surface area contributed by atoms with Gasteiger partial charge < -0.3 is 0 Å². The molecule has 19 rings (SSSR count). The van der Waals surface area contributed by atoms with Crippen LogP contribution in [0.15, 0.2) is 437 Å². The minimum absolute atomic E-state index is 0.564. The molecule has 3 heterocycles. The third-order valence-electron chi connectivity index (χ3n) is 20.5. The highest BCUT2D eigenvalue weighted by Crippen LogP contribution is 2.44. The minimum atomic E-state index is 0.564. The molecule has 0 spiro atoms. The Balaban J connectivity index is 0.000000162. The van der Waals surface area contributed by atoms with E-state index >= 15 is 0 Å². The molecule has 9 heteroatoms. The zero-order chi connectivity index (χ0) is 78.5. The molecule has 19 aromatic rings. The second kappa shape index (κ2) is 34.2. The van der Waals surface area contributed by atoms with Crippen LogP contribution in [0.25, 0.3) is 150 Å². The molecule has 16 aromatic carbocycles. The van der Waals surface area contributed by atoms with E-state index in [9.17, 15) is 0 Å². The van der Waals surface area contributed by atoms with Crippen molar-refractivity contribution in [1.82, 2.24) is 34.9 Å². The number of aromatic nitrogens is 7. The molecule has 0 aliphatic carbocycles. The van der Waals surface area contributed by atoms with Crippen LogP contribution < -0.4 is 0 Å². The molecule has 550 valence electrons. The van der Waals surface area contributed by atoms with E-state index in [2.05, 4.69) is 296 Å². The first-order chi connectivity index (χ1) is 57.9. The number of hydrogen-bond donors (Lipinski definition) is 0. The predicted molar refractivity (Wildman–Crippen MR) is 482 cm³/mol. The lowest BCUT2D eigenvalue weighted by atomic mass is 9.85. The van der Waals surface area contributed by atoms with Crippen molar-refractivity contribution in [2.45, 2.75) is 0 Å². The van der Waals surface area contributed by atoms with Crippen LogP contribution in [0.5, 0.6) is 0 Å². The summed E-state index contributed by atoms with van der Waals surface area (Å²) >= 11 is 1.69. The quantitative estimate of drug-likeness (QED) is 0.0624. The van der Waals surface area contributed by atoms with Crippen molar-refractivity contribution in [2.24, 2.45) is 0 Å². The third kappa shape index (κ3) is 16.4. The van der Waals surface area contributed by atoms with Gasteiger partial charge >= 0.3 is 0 Å². The minimum Gasteiger partial charge on any atom is -0.238 e. The van der Waals surface area contributed by atoms with E-state index in [0.29, 0.717) is 40.6 Å². The molecule has 0 saturated heterocycles. The zero-order valence-electron chi connectivity index (χ0n) is 63.6. The van der Waals surface area contributed by atoms with Gasteiger partial charge in [-0.05, 0) is 161 Å². The van der Waals surface area contributed by atoms with E-state index < -0.39 is 0 Å². The fourth-order valence-electron chi connectivity index (χ4n) is 14.9. The van der Waals surface area contributed by atoms with Crippen molar-refractivity contribution in [3.05, 3.63) is 493 Å². The van der Waals surface area contributed by atoms with E-state index in [1.807, 2.05) is 146 Å². The lowest BCUT2D eigenvalue weighted by Gasteiger charge is -2.19. The molecule has 0 saturated carbocycles. The van der Waals surface area contributed by atoms with E-state index in [1.165, 1.54) is 11.1 Å². The largest absolute Gasteiger partial charge is 0.238 e. The van der Waals surface area contributed by atoms with Gasteiger partial charge in [-0.15, -0.1) is 11.3 Å². The molecular weight excluding hydrogens is 1440 g/mol. The van der Waals surface area contributed by atoms with Gasteiger partial charge in [-0.2, -0.15) is 0 Å². The van der Waals surface area contributed by atoms with Crippen molar-refractivity contribution in [2.75, 3.05) is 0 Å². The smallest absolute Gasteiger partial charge is 0.187 e. The number of rotatable bonds is 18. The molecular formula is C108H72N8S. The first kappa shape index (κ1) is 72.9. The molecule has 8 nitrogen and oxygen atoms in total. The molecule has 0 N–H and O–H groups in total. The van der Waals surface area contributed by atoms with Crippen LogP contribution in [0, 0.1) is 6.57 Å². The number of fused-ring (bicyclic) bond motifs is 1. The van der Waals surface area contributed by atoms with Crippen molar-refractivity contribution < 1.29 is 0 Å². The summed E-state index contributed by atoms with van der Waals surface area (Å²) in [4.78, 5) is 39.2. The van der Waals surface area contributed by atoms with Crippen LogP contribution >= 0.6 is 11.3 Å². The number of nitrogens with zero attached hydrogens (tertiary/aromatic N) is 8. The maximum atomic E-state index is 7.75. The van der Waals surface area contributed by atoms with Crippen LogP contribution in [0.2, 0.25) is 0 Å². The van der Waals surface area contributed by atoms with Gasteiger partial charge in [-0.25, -0.2) is 39.7 Å². The van der Waals surface area contributed by atoms with Crippen molar-refractivity contribution >= 4 is 49.5 Å². The van der Waals surface area contributed by atoms with Gasteiger partial charge in [0.25, 0.3) is 0 Å². The summed E-state index contributed by atoms with van der Waals surface area (Å²) in [5.41, 5.74) is 27.8. The van der Waals surface area contributed by atoms with Crippen LogP contribution in [-0.2, 0) is 0 Å². The Bertz CT molecular complexity index is 6570. The average Bonchev–Trinajstić information content (AvgIpc) is 1.34. The van der Waals surface area contributed by atoms with Gasteiger partial charge in [0.15, 0.2) is 40.6 Å². The van der Waals surface area contributed by atoms with E-state index in [4.69, 9.17) is 41.5 Å². The topological polar surface area (TPSA) is 94.6 Å². The maximum absolute atomic E-state index is 7.75. The Kier molecular flexibility index (Phi) is 21.3. The van der Waals surface area contributed by atoms with Gasteiger partial charge in [0, 0.05) is 38.9 Å². The van der Waals surface area contributed by atoms with Gasteiger partial charge in [-0.1, -0.05) is 376 Å². The highest BCUT2D eigenvalue weighted by atomic mass is 32.1. The maximum Gasteiger partial charge on any atom is 0.187 e. The normalized spacial score (nSPS) is 10.9. The van der Waals surface area contributed by atoms with Gasteiger partial charge in [-0.3, -0.25) is 0 Å². The average molecular weight is 1510 g/mol. The fraction of sp³-hybridized carbons (Fsp3) is 0. The van der Waals surface area contributed by atoms with Crippen molar-refractivity contribution in [3.8, 4) is 112 Å². The van der Waals surface area contributed by atoms with Gasteiger partial charge in [0.05, 0.1) is 16.8 Å². The lowest BCUT2D eigenvalue weighted by Crippen LogP contribution is -2.00. The lowest BCUT2D eigenvalue weighted by molar-refractivity contribution is 1.07. The molecule has 0 unspecified atom stereocenters. The Hall–Kier alpha value is -15.6. The number of para-hydroxylation sites is 1. The Morgan fingerprint density at radius 3 is 0.821 bits per heavy atom. The monoisotopic (exact) mass is 1510 g/mol. The van der Waals surface area contributed by atoms with E-state index in [0.717, 1.165) is 143 Å². The molecule has 0 fully saturated rings. The Morgan fingerprint density at radius 2 is 0.453 bits per heavy atom. The molecule has 117 heavy (non-hydrogen) atoms. The molecule has 0 aliphatic heterocycles. The summed E-state index contributed by atoms with van der Waals surface area (Å²) < 4.78 is 1.14. The predicted octanol–water partition coefficient (Wildman–Crippen LogP) is 27.6. The molecule has 0 amide bonds.